The SMILES string of the molecule is C/C(=C\c1cccnc1)C(C)O. The molecule has 0 aliphatic heterocycles. The molecule has 2 heteroatoms. The lowest BCUT2D eigenvalue weighted by atomic mass is 10.1. The Morgan fingerprint density at radius 1 is 1.67 bits per heavy atom. The Kier molecular flexibility index (Phi) is 3.00. The highest BCUT2D eigenvalue weighted by Gasteiger charge is 1.97. The Hall–Kier alpha value is -1.15. The summed E-state index contributed by atoms with van der Waals surface area (Å²) in [5.41, 5.74) is 1.97. The Morgan fingerprint density at radius 2 is 2.42 bits per heavy atom. The van der Waals surface area contributed by atoms with Gasteiger partial charge in [0.25, 0.3) is 0 Å². The molecule has 0 fully saturated rings. The van der Waals surface area contributed by atoms with E-state index < -0.39 is 0 Å². The molecule has 0 aliphatic rings. The van der Waals surface area contributed by atoms with Gasteiger partial charge in [-0.15, -0.1) is 0 Å². The van der Waals surface area contributed by atoms with Crippen molar-refractivity contribution in [2.45, 2.75) is 20.0 Å². The van der Waals surface area contributed by atoms with Crippen molar-refractivity contribution in [1.82, 2.24) is 4.98 Å². The van der Waals surface area contributed by atoms with Crippen molar-refractivity contribution in [3.05, 3.63) is 35.7 Å². The molecule has 0 aliphatic carbocycles. The summed E-state index contributed by atoms with van der Waals surface area (Å²) in [5.74, 6) is 0. The molecule has 12 heavy (non-hydrogen) atoms. The fourth-order valence-corrected chi connectivity index (χ4v) is 0.845. The van der Waals surface area contributed by atoms with Crippen molar-refractivity contribution >= 4 is 6.08 Å². The van der Waals surface area contributed by atoms with Crippen LogP contribution in [0.1, 0.15) is 19.4 Å². The number of hydrogen-bond acceptors (Lipinski definition) is 2. The van der Waals surface area contributed by atoms with E-state index in [-0.39, 0.29) is 6.10 Å². The summed E-state index contributed by atoms with van der Waals surface area (Å²) in [4.78, 5) is 3.97. The number of aliphatic hydroxyl groups is 1. The molecule has 1 atom stereocenters. The summed E-state index contributed by atoms with van der Waals surface area (Å²) in [6, 6.07) is 3.83. The summed E-state index contributed by atoms with van der Waals surface area (Å²) in [6.45, 7) is 3.65. The third-order valence-electron chi connectivity index (χ3n) is 1.74. The summed E-state index contributed by atoms with van der Waals surface area (Å²) in [6.07, 6.45) is 5.05. The molecule has 1 aromatic heterocycles. The minimum atomic E-state index is -0.384. The van der Waals surface area contributed by atoms with Crippen molar-refractivity contribution < 1.29 is 5.11 Å². The van der Waals surface area contributed by atoms with Gasteiger partial charge in [-0.25, -0.2) is 0 Å². The van der Waals surface area contributed by atoms with Gasteiger partial charge >= 0.3 is 0 Å². The maximum absolute atomic E-state index is 9.19. The first-order valence-electron chi connectivity index (χ1n) is 3.96. The number of aliphatic hydroxyl groups excluding tert-OH is 1. The van der Waals surface area contributed by atoms with E-state index in [1.165, 1.54) is 0 Å². The molecule has 1 unspecified atom stereocenters. The standard InChI is InChI=1S/C10H13NO/c1-8(9(2)12)6-10-4-3-5-11-7-10/h3-7,9,12H,1-2H3/b8-6+. The second-order valence-corrected chi connectivity index (χ2v) is 2.85. The average Bonchev–Trinajstić information content (AvgIpc) is 2.06. The molecule has 64 valence electrons. The number of rotatable bonds is 2. The molecule has 0 bridgehead atoms. The quantitative estimate of drug-likeness (QED) is 0.722. The monoisotopic (exact) mass is 163 g/mol. The molecule has 2 nitrogen and oxygen atoms in total. The lowest BCUT2D eigenvalue weighted by molar-refractivity contribution is 0.232. The Morgan fingerprint density at radius 3 is 2.92 bits per heavy atom. The van der Waals surface area contributed by atoms with Gasteiger partial charge in [0.2, 0.25) is 0 Å². The molecule has 0 saturated heterocycles. The number of hydrogen-bond donors (Lipinski definition) is 1. The highest BCUT2D eigenvalue weighted by Crippen LogP contribution is 2.07. The summed E-state index contributed by atoms with van der Waals surface area (Å²) >= 11 is 0. The minimum Gasteiger partial charge on any atom is -0.389 e. The van der Waals surface area contributed by atoms with Gasteiger partial charge < -0.3 is 5.11 Å². The maximum atomic E-state index is 9.19. The van der Waals surface area contributed by atoms with Gasteiger partial charge in [0, 0.05) is 12.4 Å². The smallest absolute Gasteiger partial charge is 0.0722 e. The van der Waals surface area contributed by atoms with Gasteiger partial charge in [0.1, 0.15) is 0 Å². The van der Waals surface area contributed by atoms with Crippen molar-refractivity contribution in [3.63, 3.8) is 0 Å². The van der Waals surface area contributed by atoms with Crippen LogP contribution in [0, 0.1) is 0 Å². The zero-order valence-electron chi connectivity index (χ0n) is 7.36. The van der Waals surface area contributed by atoms with Crippen LogP contribution in [0.5, 0.6) is 0 Å². The molecule has 0 radical (unpaired) electrons. The molecular weight excluding hydrogens is 150 g/mol. The van der Waals surface area contributed by atoms with Crippen LogP contribution in [0.4, 0.5) is 0 Å². The minimum absolute atomic E-state index is 0.384. The van der Waals surface area contributed by atoms with Crippen LogP contribution < -0.4 is 0 Å². The van der Waals surface area contributed by atoms with Crippen LogP contribution in [-0.4, -0.2) is 16.2 Å². The molecule has 1 rings (SSSR count). The highest BCUT2D eigenvalue weighted by molar-refractivity contribution is 5.51. The van der Waals surface area contributed by atoms with Crippen LogP contribution in [0.25, 0.3) is 6.08 Å². The molecule has 1 N–H and O–H groups in total. The number of pyridine rings is 1. The van der Waals surface area contributed by atoms with Crippen LogP contribution >= 0.6 is 0 Å². The van der Waals surface area contributed by atoms with Crippen molar-refractivity contribution in [1.29, 1.82) is 0 Å². The predicted octanol–water partition coefficient (Wildman–Crippen LogP) is 1.87. The molecule has 0 spiro atoms. The van der Waals surface area contributed by atoms with Gasteiger partial charge in [0.15, 0.2) is 0 Å². The lowest BCUT2D eigenvalue weighted by Gasteiger charge is -2.03. The molecule has 0 aromatic carbocycles. The highest BCUT2D eigenvalue weighted by atomic mass is 16.3. The Balaban J connectivity index is 2.81. The largest absolute Gasteiger partial charge is 0.389 e. The lowest BCUT2D eigenvalue weighted by Crippen LogP contribution is -2.00. The van der Waals surface area contributed by atoms with E-state index in [4.69, 9.17) is 0 Å². The van der Waals surface area contributed by atoms with E-state index >= 15 is 0 Å². The average molecular weight is 163 g/mol. The van der Waals surface area contributed by atoms with Crippen LogP contribution in [-0.2, 0) is 0 Å². The topological polar surface area (TPSA) is 33.1 Å². The predicted molar refractivity (Wildman–Crippen MR) is 49.6 cm³/mol. The summed E-state index contributed by atoms with van der Waals surface area (Å²) < 4.78 is 0. The molecule has 1 aromatic rings. The van der Waals surface area contributed by atoms with E-state index in [1.54, 1.807) is 19.3 Å². The Bertz CT molecular complexity index is 264. The first kappa shape index (κ1) is 8.94. The summed E-state index contributed by atoms with van der Waals surface area (Å²) in [5, 5.41) is 9.19. The van der Waals surface area contributed by atoms with Crippen molar-refractivity contribution in [2.75, 3.05) is 0 Å². The van der Waals surface area contributed by atoms with Crippen LogP contribution in [0.3, 0.4) is 0 Å². The van der Waals surface area contributed by atoms with Crippen LogP contribution in [0.2, 0.25) is 0 Å². The van der Waals surface area contributed by atoms with E-state index in [9.17, 15) is 5.11 Å². The molecule has 1 heterocycles. The van der Waals surface area contributed by atoms with Gasteiger partial charge in [-0.3, -0.25) is 4.98 Å². The zero-order chi connectivity index (χ0) is 8.97. The van der Waals surface area contributed by atoms with Crippen LogP contribution in [0.15, 0.2) is 30.1 Å². The van der Waals surface area contributed by atoms with E-state index in [2.05, 4.69) is 4.98 Å². The zero-order valence-corrected chi connectivity index (χ0v) is 7.36. The second kappa shape index (κ2) is 4.02. The normalized spacial score (nSPS) is 14.4. The van der Waals surface area contributed by atoms with Gasteiger partial charge in [-0.2, -0.15) is 0 Å². The van der Waals surface area contributed by atoms with Gasteiger partial charge in [0.05, 0.1) is 6.10 Å². The molecule has 0 amide bonds. The van der Waals surface area contributed by atoms with Crippen molar-refractivity contribution in [2.24, 2.45) is 0 Å². The third kappa shape index (κ3) is 2.47. The molecular formula is C10H13NO. The van der Waals surface area contributed by atoms with E-state index in [0.29, 0.717) is 0 Å². The number of nitrogens with zero attached hydrogens (tertiary/aromatic N) is 1. The van der Waals surface area contributed by atoms with Crippen molar-refractivity contribution in [3.8, 4) is 0 Å². The molecule has 0 saturated carbocycles. The summed E-state index contributed by atoms with van der Waals surface area (Å²) in [7, 11) is 0. The van der Waals surface area contributed by atoms with E-state index in [0.717, 1.165) is 11.1 Å². The van der Waals surface area contributed by atoms with Gasteiger partial charge in [-0.05, 0) is 31.1 Å². The Labute approximate surface area is 72.6 Å². The number of aromatic nitrogens is 1. The van der Waals surface area contributed by atoms with Gasteiger partial charge in [-0.1, -0.05) is 12.1 Å². The van der Waals surface area contributed by atoms with E-state index in [1.807, 2.05) is 25.1 Å². The maximum Gasteiger partial charge on any atom is 0.0722 e. The first-order chi connectivity index (χ1) is 5.70. The third-order valence-corrected chi connectivity index (χ3v) is 1.74. The fraction of sp³-hybridized carbons (Fsp3) is 0.300. The first-order valence-corrected chi connectivity index (χ1v) is 3.96. The fourth-order valence-electron chi connectivity index (χ4n) is 0.845. The second-order valence-electron chi connectivity index (χ2n) is 2.85.